The number of oxime groups is 1. The van der Waals surface area contributed by atoms with Crippen LogP contribution in [0.5, 0.6) is 0 Å². The number of rotatable bonds is 5. The van der Waals surface area contributed by atoms with Gasteiger partial charge in [-0.05, 0) is 37.8 Å². The van der Waals surface area contributed by atoms with E-state index in [-0.39, 0.29) is 5.84 Å². The molecule has 0 aliphatic heterocycles. The molecule has 1 aromatic heterocycles. The van der Waals surface area contributed by atoms with E-state index in [9.17, 15) is 0 Å². The van der Waals surface area contributed by atoms with Crippen molar-refractivity contribution in [3.8, 4) is 0 Å². The Morgan fingerprint density at radius 3 is 2.67 bits per heavy atom. The molecule has 0 spiro atoms. The van der Waals surface area contributed by atoms with Gasteiger partial charge in [0.1, 0.15) is 5.82 Å². The largest absolute Gasteiger partial charge is 0.409 e. The molecule has 3 N–H and O–H groups in total. The zero-order valence-corrected chi connectivity index (χ0v) is 13.2. The minimum Gasteiger partial charge on any atom is -0.409 e. The molecule has 0 radical (unpaired) electrons. The third-order valence-corrected chi connectivity index (χ3v) is 4.00. The van der Waals surface area contributed by atoms with Crippen LogP contribution in [0.2, 0.25) is 0 Å². The summed E-state index contributed by atoms with van der Waals surface area (Å²) in [6.45, 7) is 7.33. The first-order chi connectivity index (χ1) is 10.0. The molecule has 1 saturated carbocycles. The van der Waals surface area contributed by atoms with Gasteiger partial charge in [-0.1, -0.05) is 31.8 Å². The van der Waals surface area contributed by atoms with Gasteiger partial charge in [-0.2, -0.15) is 0 Å². The molecular formula is C16H26N4O. The standard InChI is InChI=1S/C16H26N4O/c1-11(2)10-20(13-6-4-5-7-13)16-14(15(17)19-21)9-8-12(3)18-16/h8-9,11,13,21H,4-7,10H2,1-3H3,(H2,17,19). The van der Waals surface area contributed by atoms with E-state index in [4.69, 9.17) is 15.9 Å². The molecule has 0 aromatic carbocycles. The van der Waals surface area contributed by atoms with Gasteiger partial charge >= 0.3 is 0 Å². The van der Waals surface area contributed by atoms with Crippen LogP contribution in [0.3, 0.4) is 0 Å². The van der Waals surface area contributed by atoms with E-state index in [1.165, 1.54) is 25.7 Å². The van der Waals surface area contributed by atoms with Crippen molar-refractivity contribution in [2.45, 2.75) is 52.5 Å². The Morgan fingerprint density at radius 1 is 1.43 bits per heavy atom. The Morgan fingerprint density at radius 2 is 2.10 bits per heavy atom. The topological polar surface area (TPSA) is 74.7 Å². The lowest BCUT2D eigenvalue weighted by atomic mass is 10.1. The van der Waals surface area contributed by atoms with Gasteiger partial charge in [-0.3, -0.25) is 0 Å². The molecule has 1 heterocycles. The molecule has 5 heteroatoms. The van der Waals surface area contributed by atoms with E-state index in [2.05, 4.69) is 23.9 Å². The number of amidine groups is 1. The molecule has 0 saturated heterocycles. The minimum atomic E-state index is 0.129. The Kier molecular flexibility index (Phi) is 5.04. The minimum absolute atomic E-state index is 0.129. The molecule has 5 nitrogen and oxygen atoms in total. The van der Waals surface area contributed by atoms with Crippen LogP contribution in [0, 0.1) is 12.8 Å². The third kappa shape index (κ3) is 3.65. The van der Waals surface area contributed by atoms with E-state index < -0.39 is 0 Å². The molecule has 0 amide bonds. The van der Waals surface area contributed by atoms with Gasteiger partial charge in [0.2, 0.25) is 0 Å². The fraction of sp³-hybridized carbons (Fsp3) is 0.625. The number of anilines is 1. The smallest absolute Gasteiger partial charge is 0.173 e. The van der Waals surface area contributed by atoms with E-state index in [0.717, 1.165) is 23.6 Å². The SMILES string of the molecule is Cc1ccc(/C(N)=N/O)c(N(CC(C)C)C2CCCC2)n1. The number of nitrogens with two attached hydrogens (primary N) is 1. The van der Waals surface area contributed by atoms with Crippen molar-refractivity contribution in [3.63, 3.8) is 0 Å². The second-order valence-corrected chi connectivity index (χ2v) is 6.29. The van der Waals surface area contributed by atoms with Crippen molar-refractivity contribution in [1.82, 2.24) is 4.98 Å². The second kappa shape index (κ2) is 6.78. The van der Waals surface area contributed by atoms with Crippen molar-refractivity contribution in [1.29, 1.82) is 0 Å². The first kappa shape index (κ1) is 15.6. The molecule has 0 bridgehead atoms. The Bertz CT molecular complexity index is 507. The van der Waals surface area contributed by atoms with Crippen LogP contribution >= 0.6 is 0 Å². The number of hydrogen-bond acceptors (Lipinski definition) is 4. The summed E-state index contributed by atoms with van der Waals surface area (Å²) in [5, 5.41) is 12.2. The van der Waals surface area contributed by atoms with Crippen molar-refractivity contribution in [3.05, 3.63) is 23.4 Å². The number of aromatic nitrogens is 1. The van der Waals surface area contributed by atoms with Crippen LogP contribution in [0.15, 0.2) is 17.3 Å². The number of hydrogen-bond donors (Lipinski definition) is 2. The van der Waals surface area contributed by atoms with E-state index >= 15 is 0 Å². The van der Waals surface area contributed by atoms with Crippen molar-refractivity contribution < 1.29 is 5.21 Å². The molecule has 1 fully saturated rings. The highest BCUT2D eigenvalue weighted by molar-refractivity contribution is 6.01. The van der Waals surface area contributed by atoms with E-state index in [1.807, 2.05) is 19.1 Å². The van der Waals surface area contributed by atoms with Gasteiger partial charge < -0.3 is 15.8 Å². The van der Waals surface area contributed by atoms with Crippen molar-refractivity contribution in [2.24, 2.45) is 16.8 Å². The van der Waals surface area contributed by atoms with Crippen LogP contribution in [0.1, 0.15) is 50.8 Å². The molecule has 2 rings (SSSR count). The number of aryl methyl sites for hydroxylation is 1. The quantitative estimate of drug-likeness (QED) is 0.378. The maximum Gasteiger partial charge on any atom is 0.173 e. The number of nitrogens with zero attached hydrogens (tertiary/aromatic N) is 3. The fourth-order valence-electron chi connectivity index (χ4n) is 3.03. The number of pyridine rings is 1. The second-order valence-electron chi connectivity index (χ2n) is 6.29. The average Bonchev–Trinajstić information content (AvgIpc) is 2.97. The van der Waals surface area contributed by atoms with Gasteiger partial charge in [0.15, 0.2) is 5.84 Å². The lowest BCUT2D eigenvalue weighted by Gasteiger charge is -2.33. The Hall–Kier alpha value is -1.78. The fourth-order valence-corrected chi connectivity index (χ4v) is 3.03. The molecule has 1 aliphatic carbocycles. The third-order valence-electron chi connectivity index (χ3n) is 4.00. The molecule has 1 aromatic rings. The van der Waals surface area contributed by atoms with Crippen LogP contribution in [-0.4, -0.2) is 28.6 Å². The first-order valence-corrected chi connectivity index (χ1v) is 7.75. The molecular weight excluding hydrogens is 264 g/mol. The maximum absolute atomic E-state index is 9.03. The summed E-state index contributed by atoms with van der Waals surface area (Å²) in [5.41, 5.74) is 7.51. The molecule has 21 heavy (non-hydrogen) atoms. The summed E-state index contributed by atoms with van der Waals surface area (Å²) < 4.78 is 0. The summed E-state index contributed by atoms with van der Waals surface area (Å²) in [6, 6.07) is 4.31. The molecule has 1 aliphatic rings. The molecule has 0 unspecified atom stereocenters. The first-order valence-electron chi connectivity index (χ1n) is 7.75. The maximum atomic E-state index is 9.03. The summed E-state index contributed by atoms with van der Waals surface area (Å²) in [7, 11) is 0. The Balaban J connectivity index is 2.44. The highest BCUT2D eigenvalue weighted by Gasteiger charge is 2.27. The van der Waals surface area contributed by atoms with Gasteiger partial charge in [0.05, 0.1) is 5.56 Å². The summed E-state index contributed by atoms with van der Waals surface area (Å²) in [6.07, 6.45) is 4.92. The van der Waals surface area contributed by atoms with Crippen molar-refractivity contribution in [2.75, 3.05) is 11.4 Å². The van der Waals surface area contributed by atoms with Gasteiger partial charge in [-0.15, -0.1) is 0 Å². The monoisotopic (exact) mass is 290 g/mol. The molecule has 0 atom stereocenters. The summed E-state index contributed by atoms with van der Waals surface area (Å²) >= 11 is 0. The Labute approximate surface area is 126 Å². The van der Waals surface area contributed by atoms with Crippen molar-refractivity contribution >= 4 is 11.7 Å². The zero-order chi connectivity index (χ0) is 15.4. The van der Waals surface area contributed by atoms with Crippen LogP contribution < -0.4 is 10.6 Å². The zero-order valence-electron chi connectivity index (χ0n) is 13.2. The van der Waals surface area contributed by atoms with E-state index in [0.29, 0.717) is 12.0 Å². The average molecular weight is 290 g/mol. The molecule has 116 valence electrons. The predicted molar refractivity (Wildman–Crippen MR) is 85.9 cm³/mol. The van der Waals surface area contributed by atoms with Gasteiger partial charge in [0, 0.05) is 18.3 Å². The van der Waals surface area contributed by atoms with Crippen LogP contribution in [-0.2, 0) is 0 Å². The highest BCUT2D eigenvalue weighted by atomic mass is 16.4. The predicted octanol–water partition coefficient (Wildman–Crippen LogP) is 2.89. The summed E-state index contributed by atoms with van der Waals surface area (Å²) in [5.74, 6) is 1.52. The lowest BCUT2D eigenvalue weighted by molar-refractivity contribution is 0.318. The normalized spacial score (nSPS) is 16.7. The highest BCUT2D eigenvalue weighted by Crippen LogP contribution is 2.30. The summed E-state index contributed by atoms with van der Waals surface area (Å²) in [4.78, 5) is 7.05. The van der Waals surface area contributed by atoms with Crippen LogP contribution in [0.25, 0.3) is 0 Å². The van der Waals surface area contributed by atoms with Crippen LogP contribution in [0.4, 0.5) is 5.82 Å². The van der Waals surface area contributed by atoms with Gasteiger partial charge in [0.25, 0.3) is 0 Å². The lowest BCUT2D eigenvalue weighted by Crippen LogP contribution is -2.38. The van der Waals surface area contributed by atoms with Gasteiger partial charge in [-0.25, -0.2) is 4.98 Å². The van der Waals surface area contributed by atoms with E-state index in [1.54, 1.807) is 0 Å².